The summed E-state index contributed by atoms with van der Waals surface area (Å²) in [7, 11) is 0. The molecule has 1 aliphatic rings. The molecule has 0 radical (unpaired) electrons. The van der Waals surface area contributed by atoms with E-state index in [1.165, 1.54) is 0 Å². The highest BCUT2D eigenvalue weighted by atomic mass is 127. The van der Waals surface area contributed by atoms with Crippen LogP contribution in [0.25, 0.3) is 10.9 Å². The summed E-state index contributed by atoms with van der Waals surface area (Å²) in [5.74, 6) is -0.0787. The third kappa shape index (κ3) is 4.24. The Morgan fingerprint density at radius 1 is 1.25 bits per heavy atom. The van der Waals surface area contributed by atoms with E-state index >= 15 is 0 Å². The molecule has 0 aliphatic heterocycles. The van der Waals surface area contributed by atoms with Crippen molar-refractivity contribution in [3.63, 3.8) is 0 Å². The lowest BCUT2D eigenvalue weighted by molar-refractivity contribution is 0.0923. The Morgan fingerprint density at radius 2 is 1.96 bits per heavy atom. The van der Waals surface area contributed by atoms with Crippen molar-refractivity contribution in [3.05, 3.63) is 33.5 Å². The van der Waals surface area contributed by atoms with Crippen molar-refractivity contribution >= 4 is 39.4 Å². The van der Waals surface area contributed by atoms with E-state index < -0.39 is 6.43 Å². The number of aromatic amines is 1. The number of fused-ring (bicyclic) bond motifs is 1. The Balaban J connectivity index is 1.59. The minimum atomic E-state index is -2.31. The van der Waals surface area contributed by atoms with Gasteiger partial charge in [0.05, 0.1) is 17.6 Å². The van der Waals surface area contributed by atoms with Gasteiger partial charge in [-0.05, 0) is 66.5 Å². The maximum atomic E-state index is 12.6. The first-order valence-corrected chi connectivity index (χ1v) is 9.20. The van der Waals surface area contributed by atoms with Crippen LogP contribution in [0.3, 0.4) is 0 Å². The molecule has 3 rings (SSSR count). The molecule has 1 amide bonds. The largest absolute Gasteiger partial charge is 0.361 e. The first-order chi connectivity index (χ1) is 11.5. The molecular formula is C17H20F2IN3O. The van der Waals surface area contributed by atoms with Crippen LogP contribution in [0.15, 0.2) is 24.4 Å². The standard InChI is InChI=1S/C17H20F2IN3O/c18-15(19)9-22-12-1-3-13(4-2-12)23-17(24)14-8-11(20)7-10-5-6-21-16(10)14/h5-8,12-13,15,21-22H,1-4,9H2,(H,23,24)/t12-,13-. The second-order valence-corrected chi connectivity index (χ2v) is 7.46. The summed E-state index contributed by atoms with van der Waals surface area (Å²) >= 11 is 2.21. The molecule has 24 heavy (non-hydrogen) atoms. The Bertz CT molecular complexity index is 711. The zero-order chi connectivity index (χ0) is 17.1. The molecule has 130 valence electrons. The van der Waals surface area contributed by atoms with E-state index in [1.807, 2.05) is 24.4 Å². The number of amides is 1. The number of nitrogens with one attached hydrogen (secondary N) is 3. The maximum Gasteiger partial charge on any atom is 0.253 e. The molecule has 0 unspecified atom stereocenters. The van der Waals surface area contributed by atoms with Crippen molar-refractivity contribution in [1.82, 2.24) is 15.6 Å². The van der Waals surface area contributed by atoms with Gasteiger partial charge in [-0.15, -0.1) is 0 Å². The van der Waals surface area contributed by atoms with Crippen LogP contribution >= 0.6 is 22.6 Å². The van der Waals surface area contributed by atoms with E-state index in [0.29, 0.717) is 5.56 Å². The van der Waals surface area contributed by atoms with Crippen LogP contribution in [0, 0.1) is 3.57 Å². The van der Waals surface area contributed by atoms with Crippen LogP contribution in [0.4, 0.5) is 8.78 Å². The monoisotopic (exact) mass is 447 g/mol. The molecule has 1 aromatic carbocycles. The Labute approximate surface area is 152 Å². The molecule has 0 saturated heterocycles. The second-order valence-electron chi connectivity index (χ2n) is 6.22. The van der Waals surface area contributed by atoms with E-state index in [9.17, 15) is 13.6 Å². The van der Waals surface area contributed by atoms with E-state index in [1.54, 1.807) is 0 Å². The van der Waals surface area contributed by atoms with Gasteiger partial charge in [-0.25, -0.2) is 8.78 Å². The zero-order valence-corrected chi connectivity index (χ0v) is 15.3. The van der Waals surface area contributed by atoms with Gasteiger partial charge >= 0.3 is 0 Å². The third-order valence-corrected chi connectivity index (χ3v) is 5.11. The summed E-state index contributed by atoms with van der Waals surface area (Å²) in [5, 5.41) is 7.00. The highest BCUT2D eigenvalue weighted by Crippen LogP contribution is 2.23. The summed E-state index contributed by atoms with van der Waals surface area (Å²) in [4.78, 5) is 15.7. The molecule has 1 fully saturated rings. The van der Waals surface area contributed by atoms with Gasteiger partial charge in [0.1, 0.15) is 0 Å². The fourth-order valence-corrected chi connectivity index (χ4v) is 3.92. The van der Waals surface area contributed by atoms with Gasteiger partial charge < -0.3 is 15.6 Å². The molecule has 0 bridgehead atoms. The summed E-state index contributed by atoms with van der Waals surface area (Å²) < 4.78 is 25.5. The van der Waals surface area contributed by atoms with Crippen molar-refractivity contribution in [2.75, 3.05) is 6.54 Å². The minimum Gasteiger partial charge on any atom is -0.361 e. The Hall–Kier alpha value is -1.22. The first-order valence-electron chi connectivity index (χ1n) is 8.12. The van der Waals surface area contributed by atoms with Gasteiger partial charge in [0.25, 0.3) is 12.3 Å². The second kappa shape index (κ2) is 7.77. The number of carbonyl (C=O) groups is 1. The van der Waals surface area contributed by atoms with Crippen LogP contribution in [0.5, 0.6) is 0 Å². The number of alkyl halides is 2. The van der Waals surface area contributed by atoms with Gasteiger partial charge in [-0.3, -0.25) is 4.79 Å². The van der Waals surface area contributed by atoms with E-state index in [2.05, 4.69) is 38.2 Å². The highest BCUT2D eigenvalue weighted by Gasteiger charge is 2.24. The Kier molecular flexibility index (Phi) is 5.70. The van der Waals surface area contributed by atoms with Crippen molar-refractivity contribution in [1.29, 1.82) is 0 Å². The lowest BCUT2D eigenvalue weighted by Gasteiger charge is -2.29. The minimum absolute atomic E-state index is 0.0787. The molecule has 1 aliphatic carbocycles. The molecule has 0 spiro atoms. The van der Waals surface area contributed by atoms with Crippen molar-refractivity contribution in [2.45, 2.75) is 44.2 Å². The van der Waals surface area contributed by atoms with Crippen molar-refractivity contribution < 1.29 is 13.6 Å². The SMILES string of the molecule is O=C(N[C@H]1CC[C@H](NCC(F)F)CC1)c1cc(I)cc2cc[nH]c12. The first kappa shape index (κ1) is 17.6. The summed E-state index contributed by atoms with van der Waals surface area (Å²) in [6.07, 6.45) is 2.75. The van der Waals surface area contributed by atoms with Crippen LogP contribution in [0.1, 0.15) is 36.0 Å². The van der Waals surface area contributed by atoms with Crippen molar-refractivity contribution in [3.8, 4) is 0 Å². The normalized spacial score (nSPS) is 21.3. The fourth-order valence-electron chi connectivity index (χ4n) is 3.28. The summed E-state index contributed by atoms with van der Waals surface area (Å²) in [6, 6.07) is 6.09. The summed E-state index contributed by atoms with van der Waals surface area (Å²) in [6.45, 7) is -0.255. The van der Waals surface area contributed by atoms with E-state index in [-0.39, 0.29) is 24.5 Å². The summed E-state index contributed by atoms with van der Waals surface area (Å²) in [5.41, 5.74) is 1.50. The molecule has 4 nitrogen and oxygen atoms in total. The number of carbonyl (C=O) groups excluding carboxylic acids is 1. The molecule has 0 atom stereocenters. The molecule has 1 saturated carbocycles. The Morgan fingerprint density at radius 3 is 2.67 bits per heavy atom. The number of rotatable bonds is 5. The van der Waals surface area contributed by atoms with Gasteiger partial charge in [-0.2, -0.15) is 0 Å². The van der Waals surface area contributed by atoms with E-state index in [4.69, 9.17) is 0 Å². The molecule has 3 N–H and O–H groups in total. The maximum absolute atomic E-state index is 12.6. The third-order valence-electron chi connectivity index (χ3n) is 4.49. The van der Waals surface area contributed by atoms with Crippen LogP contribution in [-0.2, 0) is 0 Å². The fraction of sp³-hybridized carbons (Fsp3) is 0.471. The van der Waals surface area contributed by atoms with Gasteiger partial charge in [0.2, 0.25) is 0 Å². The molecule has 2 aromatic rings. The molecule has 1 heterocycles. The zero-order valence-electron chi connectivity index (χ0n) is 13.1. The predicted octanol–water partition coefficient (Wildman–Crippen LogP) is 3.67. The molecule has 1 aromatic heterocycles. The van der Waals surface area contributed by atoms with Crippen LogP contribution in [-0.4, -0.2) is 35.9 Å². The topological polar surface area (TPSA) is 56.9 Å². The average Bonchev–Trinajstić information content (AvgIpc) is 3.01. The number of hydrogen-bond donors (Lipinski definition) is 3. The quantitative estimate of drug-likeness (QED) is 0.613. The lowest BCUT2D eigenvalue weighted by Crippen LogP contribution is -2.43. The predicted molar refractivity (Wildman–Crippen MR) is 98.5 cm³/mol. The number of halogens is 3. The number of aromatic nitrogens is 1. The number of benzene rings is 1. The van der Waals surface area contributed by atoms with E-state index in [0.717, 1.165) is 40.2 Å². The lowest BCUT2D eigenvalue weighted by atomic mass is 9.91. The molecule has 7 heteroatoms. The highest BCUT2D eigenvalue weighted by molar-refractivity contribution is 14.1. The smallest absolute Gasteiger partial charge is 0.253 e. The molecular weight excluding hydrogens is 427 g/mol. The van der Waals surface area contributed by atoms with Gasteiger partial charge in [-0.1, -0.05) is 0 Å². The van der Waals surface area contributed by atoms with Crippen LogP contribution in [0.2, 0.25) is 0 Å². The van der Waals surface area contributed by atoms with Gasteiger partial charge in [0.15, 0.2) is 0 Å². The number of hydrogen-bond acceptors (Lipinski definition) is 2. The average molecular weight is 447 g/mol. The van der Waals surface area contributed by atoms with Crippen molar-refractivity contribution in [2.24, 2.45) is 0 Å². The van der Waals surface area contributed by atoms with Gasteiger partial charge in [0, 0.05) is 27.2 Å². The number of H-pyrrole nitrogens is 1. The van der Waals surface area contributed by atoms with Crippen LogP contribution < -0.4 is 10.6 Å².